The smallest absolute Gasteiger partial charge is 0.0295 e. The molecule has 2 heteroatoms. The maximum absolute atomic E-state index is 3.85. The van der Waals surface area contributed by atoms with Crippen molar-refractivity contribution in [2.75, 3.05) is 6.54 Å². The minimum atomic E-state index is 0.386. The minimum absolute atomic E-state index is 0.386. The first-order valence-corrected chi connectivity index (χ1v) is 7.14. The van der Waals surface area contributed by atoms with E-state index in [4.69, 9.17) is 0 Å². The minimum Gasteiger partial charge on any atom is -0.306 e. The molecule has 0 fully saturated rings. The van der Waals surface area contributed by atoms with E-state index in [1.807, 2.05) is 0 Å². The van der Waals surface area contributed by atoms with Crippen molar-refractivity contribution in [1.82, 2.24) is 5.32 Å². The zero-order valence-corrected chi connectivity index (χ0v) is 12.0. The van der Waals surface area contributed by atoms with Gasteiger partial charge in [0.15, 0.2) is 0 Å². The first kappa shape index (κ1) is 12.8. The van der Waals surface area contributed by atoms with Crippen molar-refractivity contribution in [2.45, 2.75) is 38.6 Å². The maximum atomic E-state index is 3.85. The summed E-state index contributed by atoms with van der Waals surface area (Å²) in [6, 6.07) is 7.34. The summed E-state index contributed by atoms with van der Waals surface area (Å²) in [6.07, 6.45) is 5.21. The van der Waals surface area contributed by atoms with Crippen LogP contribution in [0.5, 0.6) is 0 Å². The van der Waals surface area contributed by atoms with Gasteiger partial charge in [-0.1, -0.05) is 40.7 Å². The van der Waals surface area contributed by atoms with E-state index in [0.717, 1.165) is 11.0 Å². The van der Waals surface area contributed by atoms with E-state index in [1.54, 1.807) is 11.1 Å². The van der Waals surface area contributed by atoms with Gasteiger partial charge in [-0.2, -0.15) is 0 Å². The van der Waals surface area contributed by atoms with Crippen LogP contribution in [0.3, 0.4) is 0 Å². The van der Waals surface area contributed by atoms with Crippen molar-refractivity contribution in [3.05, 3.63) is 46.0 Å². The van der Waals surface area contributed by atoms with Gasteiger partial charge < -0.3 is 5.32 Å². The molecular weight excluding hydrogens is 274 g/mol. The standard InChI is InChI=1S/C15H20BrN/c1-11(16)10-17-12(2)14-8-7-13-5-3-4-6-15(13)9-14/h7-9,12,17H,1,3-6,10H2,2H3. The SMILES string of the molecule is C=C(Br)CNC(C)c1ccc2c(c1)CCCC2. The number of halogens is 1. The van der Waals surface area contributed by atoms with Crippen molar-refractivity contribution >= 4 is 15.9 Å². The number of benzene rings is 1. The third-order valence-electron chi connectivity index (χ3n) is 3.47. The van der Waals surface area contributed by atoms with Crippen LogP contribution in [-0.4, -0.2) is 6.54 Å². The zero-order valence-electron chi connectivity index (χ0n) is 10.4. The fraction of sp³-hybridized carbons (Fsp3) is 0.467. The summed E-state index contributed by atoms with van der Waals surface area (Å²) in [4.78, 5) is 0. The van der Waals surface area contributed by atoms with Gasteiger partial charge in [0.25, 0.3) is 0 Å². The van der Waals surface area contributed by atoms with Crippen LogP contribution in [0.2, 0.25) is 0 Å². The molecule has 1 aromatic carbocycles. The topological polar surface area (TPSA) is 12.0 Å². The highest BCUT2D eigenvalue weighted by molar-refractivity contribution is 9.11. The molecule has 0 aromatic heterocycles. The number of nitrogens with one attached hydrogen (secondary N) is 1. The van der Waals surface area contributed by atoms with E-state index >= 15 is 0 Å². The first-order chi connectivity index (χ1) is 8.16. The predicted octanol–water partition coefficient (Wildman–Crippen LogP) is 4.12. The predicted molar refractivity (Wildman–Crippen MR) is 77.6 cm³/mol. The van der Waals surface area contributed by atoms with E-state index in [-0.39, 0.29) is 0 Å². The van der Waals surface area contributed by atoms with Crippen LogP contribution >= 0.6 is 15.9 Å². The van der Waals surface area contributed by atoms with Gasteiger partial charge in [-0.05, 0) is 49.3 Å². The monoisotopic (exact) mass is 293 g/mol. The summed E-state index contributed by atoms with van der Waals surface area (Å²) in [5.74, 6) is 0. The first-order valence-electron chi connectivity index (χ1n) is 6.35. The molecule has 1 nitrogen and oxygen atoms in total. The average molecular weight is 294 g/mol. The van der Waals surface area contributed by atoms with Crippen molar-refractivity contribution in [2.24, 2.45) is 0 Å². The quantitative estimate of drug-likeness (QED) is 0.880. The van der Waals surface area contributed by atoms with Gasteiger partial charge in [-0.15, -0.1) is 0 Å². The van der Waals surface area contributed by atoms with E-state index in [0.29, 0.717) is 6.04 Å². The van der Waals surface area contributed by atoms with Crippen LogP contribution in [0.4, 0.5) is 0 Å². The van der Waals surface area contributed by atoms with Crippen LogP contribution in [0.15, 0.2) is 29.3 Å². The van der Waals surface area contributed by atoms with Gasteiger partial charge in [0.05, 0.1) is 0 Å². The summed E-state index contributed by atoms with van der Waals surface area (Å²) in [7, 11) is 0. The van der Waals surface area contributed by atoms with Gasteiger partial charge in [0.1, 0.15) is 0 Å². The normalized spacial score (nSPS) is 16.4. The molecule has 0 saturated heterocycles. The Labute approximate surface area is 112 Å². The Morgan fingerprint density at radius 3 is 2.76 bits per heavy atom. The van der Waals surface area contributed by atoms with Crippen molar-refractivity contribution in [1.29, 1.82) is 0 Å². The number of fused-ring (bicyclic) bond motifs is 1. The lowest BCUT2D eigenvalue weighted by Gasteiger charge is -2.20. The second-order valence-electron chi connectivity index (χ2n) is 4.86. The Morgan fingerprint density at radius 1 is 1.35 bits per heavy atom. The Morgan fingerprint density at radius 2 is 2.06 bits per heavy atom. The number of aryl methyl sites for hydroxylation is 2. The molecule has 1 unspecified atom stereocenters. The molecule has 1 aliphatic rings. The van der Waals surface area contributed by atoms with E-state index in [9.17, 15) is 0 Å². The van der Waals surface area contributed by atoms with Crippen LogP contribution < -0.4 is 5.32 Å². The summed E-state index contributed by atoms with van der Waals surface area (Å²) in [6.45, 7) is 6.87. The second-order valence-corrected chi connectivity index (χ2v) is 5.98. The molecule has 0 radical (unpaired) electrons. The molecule has 0 saturated carbocycles. The second kappa shape index (κ2) is 5.83. The van der Waals surface area contributed by atoms with E-state index < -0.39 is 0 Å². The zero-order chi connectivity index (χ0) is 12.3. The Kier molecular flexibility index (Phi) is 4.41. The molecule has 0 aliphatic heterocycles. The highest BCUT2D eigenvalue weighted by Gasteiger charge is 2.12. The van der Waals surface area contributed by atoms with Gasteiger partial charge in [-0.3, -0.25) is 0 Å². The lowest BCUT2D eigenvalue weighted by atomic mass is 9.89. The fourth-order valence-electron chi connectivity index (χ4n) is 2.40. The number of hydrogen-bond acceptors (Lipinski definition) is 1. The van der Waals surface area contributed by atoms with Gasteiger partial charge in [0.2, 0.25) is 0 Å². The molecule has 1 N–H and O–H groups in total. The lowest BCUT2D eigenvalue weighted by Crippen LogP contribution is -2.20. The number of rotatable bonds is 4. The number of hydrogen-bond donors (Lipinski definition) is 1. The molecule has 1 aromatic rings. The van der Waals surface area contributed by atoms with E-state index in [1.165, 1.54) is 31.2 Å². The van der Waals surface area contributed by atoms with Crippen molar-refractivity contribution < 1.29 is 0 Å². The van der Waals surface area contributed by atoms with E-state index in [2.05, 4.69) is 52.9 Å². The third-order valence-corrected chi connectivity index (χ3v) is 3.75. The molecule has 2 rings (SSSR count). The van der Waals surface area contributed by atoms with Crippen LogP contribution in [0, 0.1) is 0 Å². The molecule has 17 heavy (non-hydrogen) atoms. The summed E-state index contributed by atoms with van der Waals surface area (Å²) in [5, 5.41) is 3.46. The van der Waals surface area contributed by atoms with Crippen molar-refractivity contribution in [3.8, 4) is 0 Å². The Hall–Kier alpha value is -0.600. The highest BCUT2D eigenvalue weighted by Crippen LogP contribution is 2.24. The highest BCUT2D eigenvalue weighted by atomic mass is 79.9. The fourth-order valence-corrected chi connectivity index (χ4v) is 2.57. The molecular formula is C15H20BrN. The van der Waals surface area contributed by atoms with Crippen molar-refractivity contribution in [3.63, 3.8) is 0 Å². The molecule has 0 amide bonds. The average Bonchev–Trinajstić information content (AvgIpc) is 2.35. The maximum Gasteiger partial charge on any atom is 0.0295 e. The lowest BCUT2D eigenvalue weighted by molar-refractivity contribution is 0.611. The van der Waals surface area contributed by atoms with Gasteiger partial charge in [-0.25, -0.2) is 0 Å². The van der Waals surface area contributed by atoms with Gasteiger partial charge in [0, 0.05) is 17.1 Å². The van der Waals surface area contributed by atoms with Crippen LogP contribution in [0.1, 0.15) is 42.5 Å². The molecule has 1 aliphatic carbocycles. The van der Waals surface area contributed by atoms with Gasteiger partial charge >= 0.3 is 0 Å². The largest absolute Gasteiger partial charge is 0.306 e. The molecule has 0 bridgehead atoms. The third kappa shape index (κ3) is 3.43. The summed E-state index contributed by atoms with van der Waals surface area (Å²) in [5.41, 5.74) is 4.50. The molecule has 92 valence electrons. The summed E-state index contributed by atoms with van der Waals surface area (Å²) >= 11 is 3.38. The Bertz CT molecular complexity index is 411. The Balaban J connectivity index is 2.08. The molecule has 1 atom stereocenters. The molecule has 0 spiro atoms. The summed E-state index contributed by atoms with van der Waals surface area (Å²) < 4.78 is 1.00. The molecule has 0 heterocycles. The van der Waals surface area contributed by atoms with Crippen LogP contribution in [-0.2, 0) is 12.8 Å². The van der Waals surface area contributed by atoms with Crippen LogP contribution in [0.25, 0.3) is 0 Å².